The lowest BCUT2D eigenvalue weighted by atomic mass is 10.0. The Morgan fingerprint density at radius 3 is 2.89 bits per heavy atom. The molecule has 0 aliphatic heterocycles. The number of hydrogen-bond donors (Lipinski definition) is 1. The molecule has 0 aromatic carbocycles. The van der Waals surface area contributed by atoms with Gasteiger partial charge in [0, 0.05) is 11.8 Å². The van der Waals surface area contributed by atoms with Crippen molar-refractivity contribution in [1.82, 2.24) is 10.3 Å². The summed E-state index contributed by atoms with van der Waals surface area (Å²) in [5.41, 5.74) is 1.84. The van der Waals surface area contributed by atoms with Gasteiger partial charge in [-0.1, -0.05) is 6.92 Å². The largest absolute Gasteiger partial charge is 0.469 e. The van der Waals surface area contributed by atoms with Gasteiger partial charge in [-0.05, 0) is 37.6 Å². The molecule has 1 N–H and O–H groups in total. The van der Waals surface area contributed by atoms with E-state index in [4.69, 9.17) is 4.42 Å². The van der Waals surface area contributed by atoms with E-state index < -0.39 is 0 Å². The standard InChI is InChI=1S/C14H17FN2O/c1-3-5-17-14(13-4-6-18-10(13)2)11-7-12(15)9-16-8-11/h4,6-9,14,17H,3,5H2,1-2H3. The van der Waals surface area contributed by atoms with Gasteiger partial charge in [-0.2, -0.15) is 0 Å². The van der Waals surface area contributed by atoms with E-state index in [9.17, 15) is 4.39 Å². The van der Waals surface area contributed by atoms with E-state index in [1.165, 1.54) is 12.3 Å². The van der Waals surface area contributed by atoms with Crippen LogP contribution in [0, 0.1) is 12.7 Å². The van der Waals surface area contributed by atoms with Crippen LogP contribution in [0.15, 0.2) is 35.2 Å². The van der Waals surface area contributed by atoms with Crippen molar-refractivity contribution < 1.29 is 8.81 Å². The minimum atomic E-state index is -0.322. The zero-order chi connectivity index (χ0) is 13.0. The molecule has 3 nitrogen and oxygen atoms in total. The Morgan fingerprint density at radius 2 is 2.28 bits per heavy atom. The fraction of sp³-hybridized carbons (Fsp3) is 0.357. The number of aryl methyl sites for hydroxylation is 1. The highest BCUT2D eigenvalue weighted by atomic mass is 19.1. The van der Waals surface area contributed by atoms with E-state index in [1.54, 1.807) is 12.5 Å². The van der Waals surface area contributed by atoms with Gasteiger partial charge in [-0.3, -0.25) is 4.98 Å². The zero-order valence-electron chi connectivity index (χ0n) is 10.6. The summed E-state index contributed by atoms with van der Waals surface area (Å²) in [5, 5.41) is 3.39. The molecule has 0 fully saturated rings. The van der Waals surface area contributed by atoms with Crippen molar-refractivity contribution in [2.45, 2.75) is 26.3 Å². The fourth-order valence-electron chi connectivity index (χ4n) is 1.98. The average Bonchev–Trinajstić information content (AvgIpc) is 2.77. The first kappa shape index (κ1) is 12.8. The number of pyridine rings is 1. The van der Waals surface area contributed by atoms with Gasteiger partial charge in [0.25, 0.3) is 0 Å². The van der Waals surface area contributed by atoms with Crippen molar-refractivity contribution in [2.75, 3.05) is 6.54 Å². The Hall–Kier alpha value is -1.68. The molecule has 2 heterocycles. The summed E-state index contributed by atoms with van der Waals surface area (Å²) in [5.74, 6) is 0.518. The van der Waals surface area contributed by atoms with E-state index in [1.807, 2.05) is 13.0 Å². The minimum absolute atomic E-state index is 0.0769. The number of nitrogens with zero attached hydrogens (tertiary/aromatic N) is 1. The van der Waals surface area contributed by atoms with Crippen LogP contribution in [0.2, 0.25) is 0 Å². The van der Waals surface area contributed by atoms with Crippen LogP contribution in [0.1, 0.15) is 36.3 Å². The molecule has 0 aliphatic rings. The first-order chi connectivity index (χ1) is 8.72. The predicted molar refractivity (Wildman–Crippen MR) is 67.8 cm³/mol. The molecule has 0 bridgehead atoms. The monoisotopic (exact) mass is 248 g/mol. The fourth-order valence-corrected chi connectivity index (χ4v) is 1.98. The van der Waals surface area contributed by atoms with Crippen molar-refractivity contribution in [3.63, 3.8) is 0 Å². The summed E-state index contributed by atoms with van der Waals surface area (Å²) < 4.78 is 18.6. The Balaban J connectivity index is 2.33. The van der Waals surface area contributed by atoms with E-state index >= 15 is 0 Å². The second kappa shape index (κ2) is 5.78. The summed E-state index contributed by atoms with van der Waals surface area (Å²) in [7, 11) is 0. The smallest absolute Gasteiger partial charge is 0.141 e. The van der Waals surface area contributed by atoms with Crippen LogP contribution in [-0.4, -0.2) is 11.5 Å². The Kier molecular flexibility index (Phi) is 4.10. The summed E-state index contributed by atoms with van der Waals surface area (Å²) >= 11 is 0. The average molecular weight is 248 g/mol. The van der Waals surface area contributed by atoms with Crippen molar-refractivity contribution in [1.29, 1.82) is 0 Å². The van der Waals surface area contributed by atoms with E-state index in [2.05, 4.69) is 17.2 Å². The predicted octanol–water partition coefficient (Wildman–Crippen LogP) is 3.21. The van der Waals surface area contributed by atoms with Gasteiger partial charge < -0.3 is 9.73 Å². The van der Waals surface area contributed by atoms with E-state index in [-0.39, 0.29) is 11.9 Å². The maximum Gasteiger partial charge on any atom is 0.141 e. The zero-order valence-corrected chi connectivity index (χ0v) is 10.6. The lowest BCUT2D eigenvalue weighted by Crippen LogP contribution is -2.23. The topological polar surface area (TPSA) is 38.1 Å². The van der Waals surface area contributed by atoms with Crippen LogP contribution in [0.25, 0.3) is 0 Å². The number of hydrogen-bond acceptors (Lipinski definition) is 3. The summed E-state index contributed by atoms with van der Waals surface area (Å²) in [4.78, 5) is 3.91. The van der Waals surface area contributed by atoms with Crippen LogP contribution in [-0.2, 0) is 0 Å². The molecule has 2 aromatic heterocycles. The van der Waals surface area contributed by atoms with Crippen LogP contribution in [0.4, 0.5) is 4.39 Å². The van der Waals surface area contributed by atoms with Crippen LogP contribution in [0.3, 0.4) is 0 Å². The SMILES string of the molecule is CCCNC(c1cncc(F)c1)c1ccoc1C. The Bertz CT molecular complexity index is 510. The van der Waals surface area contributed by atoms with Gasteiger partial charge in [0.1, 0.15) is 11.6 Å². The van der Waals surface area contributed by atoms with Crippen molar-refractivity contribution in [3.8, 4) is 0 Å². The quantitative estimate of drug-likeness (QED) is 0.883. The summed E-state index contributed by atoms with van der Waals surface area (Å²) in [6, 6.07) is 3.34. The molecule has 0 saturated heterocycles. The van der Waals surface area contributed by atoms with Gasteiger partial charge in [-0.15, -0.1) is 0 Å². The van der Waals surface area contributed by atoms with Crippen LogP contribution >= 0.6 is 0 Å². The molecule has 0 radical (unpaired) electrons. The lowest BCUT2D eigenvalue weighted by Gasteiger charge is -2.18. The lowest BCUT2D eigenvalue weighted by molar-refractivity contribution is 0.516. The molecular formula is C14H17FN2O. The molecule has 1 unspecified atom stereocenters. The third-order valence-corrected chi connectivity index (χ3v) is 2.87. The molecular weight excluding hydrogens is 231 g/mol. The molecule has 0 amide bonds. The Morgan fingerprint density at radius 1 is 1.44 bits per heavy atom. The van der Waals surface area contributed by atoms with Crippen molar-refractivity contribution >= 4 is 0 Å². The second-order valence-corrected chi connectivity index (χ2v) is 4.26. The molecule has 0 spiro atoms. The number of nitrogens with one attached hydrogen (secondary N) is 1. The molecule has 2 aromatic rings. The summed E-state index contributed by atoms with van der Waals surface area (Å²) in [6.07, 6.45) is 5.56. The highest BCUT2D eigenvalue weighted by molar-refractivity contribution is 5.31. The number of rotatable bonds is 5. The van der Waals surface area contributed by atoms with Crippen LogP contribution < -0.4 is 5.32 Å². The molecule has 4 heteroatoms. The first-order valence-electron chi connectivity index (χ1n) is 6.10. The highest BCUT2D eigenvalue weighted by Crippen LogP contribution is 2.25. The molecule has 18 heavy (non-hydrogen) atoms. The maximum atomic E-state index is 13.3. The van der Waals surface area contributed by atoms with E-state index in [0.717, 1.165) is 29.9 Å². The second-order valence-electron chi connectivity index (χ2n) is 4.26. The highest BCUT2D eigenvalue weighted by Gasteiger charge is 2.18. The van der Waals surface area contributed by atoms with Crippen molar-refractivity contribution in [2.24, 2.45) is 0 Å². The molecule has 0 saturated carbocycles. The maximum absolute atomic E-state index is 13.3. The van der Waals surface area contributed by atoms with Gasteiger partial charge >= 0.3 is 0 Å². The number of halogens is 1. The molecule has 0 aliphatic carbocycles. The van der Waals surface area contributed by atoms with Crippen molar-refractivity contribution in [3.05, 3.63) is 53.5 Å². The molecule has 2 rings (SSSR count). The number of aromatic nitrogens is 1. The van der Waals surface area contributed by atoms with Crippen LogP contribution in [0.5, 0.6) is 0 Å². The first-order valence-corrected chi connectivity index (χ1v) is 6.10. The number of furan rings is 1. The minimum Gasteiger partial charge on any atom is -0.469 e. The van der Waals surface area contributed by atoms with E-state index in [0.29, 0.717) is 0 Å². The third-order valence-electron chi connectivity index (χ3n) is 2.87. The van der Waals surface area contributed by atoms with Gasteiger partial charge in [0.15, 0.2) is 0 Å². The molecule has 96 valence electrons. The molecule has 1 atom stereocenters. The Labute approximate surface area is 106 Å². The third kappa shape index (κ3) is 2.76. The van der Waals surface area contributed by atoms with Gasteiger partial charge in [0.05, 0.1) is 18.5 Å². The van der Waals surface area contributed by atoms with Gasteiger partial charge in [0.2, 0.25) is 0 Å². The normalized spacial score (nSPS) is 12.6. The van der Waals surface area contributed by atoms with Gasteiger partial charge in [-0.25, -0.2) is 4.39 Å². The summed E-state index contributed by atoms with van der Waals surface area (Å²) in [6.45, 7) is 4.85.